The van der Waals surface area contributed by atoms with Crippen molar-refractivity contribution in [3.05, 3.63) is 84.4 Å². The highest BCUT2D eigenvalue weighted by Gasteiger charge is 2.21. The van der Waals surface area contributed by atoms with Crippen LogP contribution in [-0.2, 0) is 9.53 Å². The molecule has 3 aromatic carbocycles. The maximum atomic E-state index is 12.6. The van der Waals surface area contributed by atoms with Gasteiger partial charge >= 0.3 is 11.9 Å². The van der Waals surface area contributed by atoms with Crippen molar-refractivity contribution < 1.29 is 23.8 Å². The Balaban J connectivity index is 1.58. The van der Waals surface area contributed by atoms with Gasteiger partial charge in [0.2, 0.25) is 0 Å². The van der Waals surface area contributed by atoms with Crippen LogP contribution in [0.25, 0.3) is 11.1 Å². The summed E-state index contributed by atoms with van der Waals surface area (Å²) < 4.78 is 16.5. The molecule has 32 heavy (non-hydrogen) atoms. The van der Waals surface area contributed by atoms with Crippen LogP contribution in [0, 0.1) is 5.92 Å². The largest absolute Gasteiger partial charge is 0.479 e. The molecule has 3 aromatic rings. The lowest BCUT2D eigenvalue weighted by molar-refractivity contribution is -0.142. The minimum Gasteiger partial charge on any atom is -0.479 e. The quantitative estimate of drug-likeness (QED) is 0.310. The summed E-state index contributed by atoms with van der Waals surface area (Å²) in [7, 11) is 0. The number of esters is 2. The molecule has 0 N–H and O–H groups in total. The Kier molecular flexibility index (Phi) is 8.03. The molecule has 0 amide bonds. The van der Waals surface area contributed by atoms with E-state index in [2.05, 4.69) is 0 Å². The predicted molar refractivity (Wildman–Crippen MR) is 124 cm³/mol. The van der Waals surface area contributed by atoms with E-state index in [0.29, 0.717) is 30.1 Å². The molecular formula is C27H28O5. The van der Waals surface area contributed by atoms with E-state index in [-0.39, 0.29) is 5.92 Å². The molecule has 0 radical (unpaired) electrons. The van der Waals surface area contributed by atoms with E-state index in [9.17, 15) is 9.59 Å². The zero-order valence-corrected chi connectivity index (χ0v) is 18.6. The Morgan fingerprint density at radius 1 is 0.781 bits per heavy atom. The van der Waals surface area contributed by atoms with Crippen LogP contribution in [0.2, 0.25) is 0 Å². The number of ether oxygens (including phenoxy) is 3. The van der Waals surface area contributed by atoms with E-state index in [4.69, 9.17) is 14.2 Å². The minimum atomic E-state index is -0.742. The van der Waals surface area contributed by atoms with Crippen LogP contribution in [0.15, 0.2) is 78.9 Å². The normalized spacial score (nSPS) is 11.6. The van der Waals surface area contributed by atoms with Crippen molar-refractivity contribution in [1.29, 1.82) is 0 Å². The first-order chi connectivity index (χ1) is 15.5. The maximum Gasteiger partial charge on any atom is 0.352 e. The first-order valence-electron chi connectivity index (χ1n) is 10.8. The molecule has 0 aliphatic rings. The molecule has 0 aromatic heterocycles. The average molecular weight is 433 g/mol. The monoisotopic (exact) mass is 432 g/mol. The van der Waals surface area contributed by atoms with E-state index >= 15 is 0 Å². The molecule has 0 aliphatic heterocycles. The Morgan fingerprint density at radius 3 is 1.97 bits per heavy atom. The molecule has 3 rings (SSSR count). The van der Waals surface area contributed by atoms with E-state index in [0.717, 1.165) is 11.1 Å². The summed E-state index contributed by atoms with van der Waals surface area (Å²) in [5.41, 5.74) is 2.59. The molecule has 5 heteroatoms. The van der Waals surface area contributed by atoms with Gasteiger partial charge in [-0.1, -0.05) is 63.2 Å². The van der Waals surface area contributed by atoms with Gasteiger partial charge in [-0.2, -0.15) is 0 Å². The van der Waals surface area contributed by atoms with Gasteiger partial charge in [-0.25, -0.2) is 9.59 Å². The van der Waals surface area contributed by atoms with Gasteiger partial charge in [0, 0.05) is 0 Å². The first kappa shape index (κ1) is 23.1. The van der Waals surface area contributed by atoms with Crippen LogP contribution in [0.1, 0.15) is 37.6 Å². The summed E-state index contributed by atoms with van der Waals surface area (Å²) in [5.74, 6) is 0.313. The smallest absolute Gasteiger partial charge is 0.352 e. The van der Waals surface area contributed by atoms with Crippen molar-refractivity contribution in [3.63, 3.8) is 0 Å². The summed E-state index contributed by atoms with van der Waals surface area (Å²) in [5, 5.41) is 0. The number of hydrogen-bond donors (Lipinski definition) is 0. The Morgan fingerprint density at radius 2 is 1.38 bits per heavy atom. The number of hydrogen-bond acceptors (Lipinski definition) is 5. The van der Waals surface area contributed by atoms with Crippen molar-refractivity contribution in [2.75, 3.05) is 6.61 Å². The highest BCUT2D eigenvalue weighted by molar-refractivity contribution is 5.89. The van der Waals surface area contributed by atoms with E-state index < -0.39 is 18.0 Å². The number of rotatable bonds is 9. The molecule has 1 unspecified atom stereocenters. The van der Waals surface area contributed by atoms with E-state index in [1.54, 1.807) is 24.3 Å². The molecule has 0 aliphatic carbocycles. The van der Waals surface area contributed by atoms with Gasteiger partial charge < -0.3 is 14.2 Å². The Labute approximate surface area is 188 Å². The van der Waals surface area contributed by atoms with Gasteiger partial charge in [-0.05, 0) is 59.9 Å². The Hall–Kier alpha value is -3.60. The van der Waals surface area contributed by atoms with Crippen LogP contribution < -0.4 is 9.47 Å². The molecule has 0 bridgehead atoms. The zero-order chi connectivity index (χ0) is 22.9. The van der Waals surface area contributed by atoms with Crippen molar-refractivity contribution in [2.45, 2.75) is 33.3 Å². The van der Waals surface area contributed by atoms with E-state index in [1.807, 2.05) is 75.4 Å². The fraction of sp³-hybridized carbons (Fsp3) is 0.259. The van der Waals surface area contributed by atoms with Crippen LogP contribution in [0.3, 0.4) is 0 Å². The van der Waals surface area contributed by atoms with Crippen LogP contribution >= 0.6 is 0 Å². The molecule has 0 saturated carbocycles. The second-order valence-electron chi connectivity index (χ2n) is 7.84. The van der Waals surface area contributed by atoms with Crippen LogP contribution in [0.5, 0.6) is 11.5 Å². The third kappa shape index (κ3) is 6.45. The average Bonchev–Trinajstić information content (AvgIpc) is 2.82. The minimum absolute atomic E-state index is 0.264. The molecule has 0 fully saturated rings. The highest BCUT2D eigenvalue weighted by atomic mass is 16.6. The molecule has 0 spiro atoms. The van der Waals surface area contributed by atoms with Gasteiger partial charge in [0.05, 0.1) is 12.2 Å². The third-order valence-electron chi connectivity index (χ3n) is 4.73. The summed E-state index contributed by atoms with van der Waals surface area (Å²) in [4.78, 5) is 24.6. The Bertz CT molecular complexity index is 1010. The highest BCUT2D eigenvalue weighted by Crippen LogP contribution is 2.23. The summed E-state index contributed by atoms with van der Waals surface area (Å²) >= 11 is 0. The topological polar surface area (TPSA) is 61.8 Å². The van der Waals surface area contributed by atoms with Crippen molar-refractivity contribution >= 4 is 11.9 Å². The molecule has 0 saturated heterocycles. The lowest BCUT2D eigenvalue weighted by Crippen LogP contribution is -2.30. The number of carbonyl (C=O) groups is 2. The second kappa shape index (κ2) is 11.1. The lowest BCUT2D eigenvalue weighted by atomic mass is 10.1. The van der Waals surface area contributed by atoms with Crippen molar-refractivity contribution in [2.24, 2.45) is 5.92 Å². The standard InChI is InChI=1S/C27H28O5/c1-4-25(31-23-14-10-21(11-15-23)20-8-6-5-7-9-20)27(29)32-24-16-12-22(13-17-24)26(28)30-18-19(2)3/h5-17,19,25H,4,18H2,1-3H3. The molecule has 0 heterocycles. The lowest BCUT2D eigenvalue weighted by Gasteiger charge is -2.17. The number of carbonyl (C=O) groups excluding carboxylic acids is 2. The van der Waals surface area contributed by atoms with Crippen LogP contribution in [0.4, 0.5) is 0 Å². The zero-order valence-electron chi connectivity index (χ0n) is 18.6. The fourth-order valence-corrected chi connectivity index (χ4v) is 2.99. The maximum absolute atomic E-state index is 12.6. The summed E-state index contributed by atoms with van der Waals surface area (Å²) in [6, 6.07) is 23.9. The van der Waals surface area contributed by atoms with Gasteiger partial charge in [0.1, 0.15) is 11.5 Å². The number of benzene rings is 3. The van der Waals surface area contributed by atoms with Gasteiger partial charge in [-0.3, -0.25) is 0 Å². The van der Waals surface area contributed by atoms with Gasteiger partial charge in [0.15, 0.2) is 6.10 Å². The van der Waals surface area contributed by atoms with Gasteiger partial charge in [0.25, 0.3) is 0 Å². The van der Waals surface area contributed by atoms with Gasteiger partial charge in [-0.15, -0.1) is 0 Å². The SMILES string of the molecule is CCC(Oc1ccc(-c2ccccc2)cc1)C(=O)Oc1ccc(C(=O)OCC(C)C)cc1. The van der Waals surface area contributed by atoms with Crippen LogP contribution in [-0.4, -0.2) is 24.6 Å². The second-order valence-corrected chi connectivity index (χ2v) is 7.84. The van der Waals surface area contributed by atoms with Crippen molar-refractivity contribution in [3.8, 4) is 22.6 Å². The predicted octanol–water partition coefficient (Wildman–Crippen LogP) is 5.93. The fourth-order valence-electron chi connectivity index (χ4n) is 2.99. The molecule has 5 nitrogen and oxygen atoms in total. The molecular weight excluding hydrogens is 404 g/mol. The van der Waals surface area contributed by atoms with Crippen molar-refractivity contribution in [1.82, 2.24) is 0 Å². The van der Waals surface area contributed by atoms with E-state index in [1.165, 1.54) is 0 Å². The summed E-state index contributed by atoms with van der Waals surface area (Å²) in [6.45, 7) is 6.16. The third-order valence-corrected chi connectivity index (χ3v) is 4.73. The molecule has 1 atom stereocenters. The summed E-state index contributed by atoms with van der Waals surface area (Å²) in [6.07, 6.45) is -0.285. The molecule has 166 valence electrons. The first-order valence-corrected chi connectivity index (χ1v) is 10.8.